The van der Waals surface area contributed by atoms with E-state index in [2.05, 4.69) is 29.6 Å². The Morgan fingerprint density at radius 1 is 1.21 bits per heavy atom. The van der Waals surface area contributed by atoms with Gasteiger partial charge in [-0.1, -0.05) is 24.3 Å². The Morgan fingerprint density at radius 2 is 1.88 bits per heavy atom. The lowest BCUT2D eigenvalue weighted by Crippen LogP contribution is -2.48. The summed E-state index contributed by atoms with van der Waals surface area (Å²) in [5, 5.41) is 3.24. The minimum absolute atomic E-state index is 0.0209. The van der Waals surface area contributed by atoms with E-state index in [-0.39, 0.29) is 24.2 Å². The third-order valence-electron chi connectivity index (χ3n) is 5.30. The molecular weight excluding hydrogens is 304 g/mol. The lowest BCUT2D eigenvalue weighted by molar-refractivity contribution is 0.109. The average molecular weight is 332 g/mol. The van der Waals surface area contributed by atoms with Gasteiger partial charge in [0, 0.05) is 26.8 Å². The summed E-state index contributed by atoms with van der Waals surface area (Å²) in [6, 6.07) is 8.96. The molecule has 0 bridgehead atoms. The molecule has 2 aliphatic rings. The number of nitrogens with one attached hydrogen (secondary N) is 1. The Kier molecular flexibility index (Phi) is 5.74. The van der Waals surface area contributed by atoms with E-state index < -0.39 is 0 Å². The van der Waals surface area contributed by atoms with Crippen LogP contribution in [-0.4, -0.2) is 56.5 Å². The third-order valence-corrected chi connectivity index (χ3v) is 5.30. The van der Waals surface area contributed by atoms with E-state index in [1.165, 1.54) is 11.1 Å². The largest absolute Gasteiger partial charge is 0.383 e. The number of benzene rings is 1. The minimum atomic E-state index is 0.0209. The molecule has 0 saturated carbocycles. The van der Waals surface area contributed by atoms with Crippen LogP contribution in [-0.2, 0) is 22.3 Å². The van der Waals surface area contributed by atoms with Gasteiger partial charge in [0.1, 0.15) is 0 Å². The quantitative estimate of drug-likeness (QED) is 0.861. The van der Waals surface area contributed by atoms with E-state index in [1.807, 2.05) is 4.90 Å². The second-order valence-electron chi connectivity index (χ2n) is 6.85. The fourth-order valence-corrected chi connectivity index (χ4v) is 3.89. The van der Waals surface area contributed by atoms with Crippen molar-refractivity contribution in [3.63, 3.8) is 0 Å². The zero-order chi connectivity index (χ0) is 16.9. The summed E-state index contributed by atoms with van der Waals surface area (Å²) in [6.45, 7) is 1.20. The van der Waals surface area contributed by atoms with Crippen LogP contribution < -0.4 is 5.32 Å². The highest BCUT2D eigenvalue weighted by Crippen LogP contribution is 2.23. The van der Waals surface area contributed by atoms with E-state index in [0.29, 0.717) is 13.2 Å². The summed E-state index contributed by atoms with van der Waals surface area (Å²) in [7, 11) is 3.39. The molecule has 3 rings (SSSR count). The smallest absolute Gasteiger partial charge is 0.318 e. The average Bonchev–Trinajstić information content (AvgIpc) is 2.90. The number of hydrogen-bond acceptors (Lipinski definition) is 3. The summed E-state index contributed by atoms with van der Waals surface area (Å²) in [5.74, 6) is 0. The van der Waals surface area contributed by atoms with Crippen molar-refractivity contribution in [2.45, 2.75) is 50.3 Å². The molecule has 1 heterocycles. The first-order valence-corrected chi connectivity index (χ1v) is 8.87. The van der Waals surface area contributed by atoms with Gasteiger partial charge in [-0.05, 0) is 43.2 Å². The molecule has 1 aromatic rings. The van der Waals surface area contributed by atoms with Crippen molar-refractivity contribution in [3.05, 3.63) is 35.4 Å². The highest BCUT2D eigenvalue weighted by atomic mass is 16.5. The molecular formula is C19H28N2O3. The molecule has 1 saturated heterocycles. The number of rotatable bonds is 4. The van der Waals surface area contributed by atoms with Crippen LogP contribution in [0.15, 0.2) is 24.3 Å². The number of carbonyl (C=O) groups is 1. The normalized spacial score (nSPS) is 24.5. The number of aryl methyl sites for hydroxylation is 2. The Labute approximate surface area is 144 Å². The summed E-state index contributed by atoms with van der Waals surface area (Å²) in [6.07, 6.45) is 5.01. The standard InChI is InChI=1S/C19H28N2O3/c1-23-13-17-11-18(24-2)12-21(17)19(22)20-16-9-7-14-5-3-4-6-15(14)8-10-16/h3-6,16-18H,7-13H2,1-2H3,(H,20,22)/t17-,18-/m0/s1. The van der Waals surface area contributed by atoms with Crippen molar-refractivity contribution in [1.82, 2.24) is 10.2 Å². The van der Waals surface area contributed by atoms with Gasteiger partial charge in [0.15, 0.2) is 0 Å². The number of hydrogen-bond donors (Lipinski definition) is 1. The molecule has 2 atom stereocenters. The first kappa shape index (κ1) is 17.2. The zero-order valence-corrected chi connectivity index (χ0v) is 14.7. The van der Waals surface area contributed by atoms with Crippen molar-refractivity contribution < 1.29 is 14.3 Å². The third kappa shape index (κ3) is 3.90. The van der Waals surface area contributed by atoms with Crippen LogP contribution in [0.5, 0.6) is 0 Å². The lowest BCUT2D eigenvalue weighted by atomic mass is 10.0. The number of ether oxygens (including phenoxy) is 2. The van der Waals surface area contributed by atoms with Crippen LogP contribution in [0.1, 0.15) is 30.4 Å². The van der Waals surface area contributed by atoms with Crippen molar-refractivity contribution in [1.29, 1.82) is 0 Å². The van der Waals surface area contributed by atoms with Crippen molar-refractivity contribution in [2.24, 2.45) is 0 Å². The number of likely N-dealkylation sites (tertiary alicyclic amines) is 1. The number of fused-ring (bicyclic) bond motifs is 1. The molecule has 1 aliphatic heterocycles. The SMILES string of the molecule is COC[C@@H]1C[C@H](OC)CN1C(=O)NC1CCc2ccccc2CC1. The molecule has 1 N–H and O–H groups in total. The Morgan fingerprint density at radius 3 is 2.46 bits per heavy atom. The molecule has 0 aromatic heterocycles. The van der Waals surface area contributed by atoms with E-state index in [9.17, 15) is 4.79 Å². The maximum absolute atomic E-state index is 12.7. The van der Waals surface area contributed by atoms with Gasteiger partial charge in [-0.25, -0.2) is 4.79 Å². The first-order chi connectivity index (χ1) is 11.7. The van der Waals surface area contributed by atoms with Crippen molar-refractivity contribution in [3.8, 4) is 0 Å². The molecule has 0 spiro atoms. The lowest BCUT2D eigenvalue weighted by Gasteiger charge is -2.27. The number of methoxy groups -OCH3 is 2. The maximum Gasteiger partial charge on any atom is 0.318 e. The van der Waals surface area contributed by atoms with Crippen molar-refractivity contribution in [2.75, 3.05) is 27.4 Å². The molecule has 5 heteroatoms. The minimum Gasteiger partial charge on any atom is -0.383 e. The summed E-state index contributed by atoms with van der Waals surface area (Å²) in [4.78, 5) is 14.6. The molecule has 5 nitrogen and oxygen atoms in total. The Hall–Kier alpha value is -1.59. The number of amides is 2. The fraction of sp³-hybridized carbons (Fsp3) is 0.632. The highest BCUT2D eigenvalue weighted by molar-refractivity contribution is 5.75. The molecule has 0 unspecified atom stereocenters. The second-order valence-corrected chi connectivity index (χ2v) is 6.85. The van der Waals surface area contributed by atoms with Crippen LogP contribution in [0.4, 0.5) is 4.79 Å². The molecule has 1 aromatic carbocycles. The van der Waals surface area contributed by atoms with E-state index in [1.54, 1.807) is 14.2 Å². The molecule has 132 valence electrons. The van der Waals surface area contributed by atoms with E-state index in [4.69, 9.17) is 9.47 Å². The molecule has 1 aliphatic carbocycles. The van der Waals surface area contributed by atoms with Crippen LogP contribution in [0, 0.1) is 0 Å². The van der Waals surface area contributed by atoms with Crippen LogP contribution in [0.25, 0.3) is 0 Å². The monoisotopic (exact) mass is 332 g/mol. The van der Waals surface area contributed by atoms with Crippen LogP contribution >= 0.6 is 0 Å². The molecule has 24 heavy (non-hydrogen) atoms. The summed E-state index contributed by atoms with van der Waals surface area (Å²) >= 11 is 0. The zero-order valence-electron chi connectivity index (χ0n) is 14.7. The van der Waals surface area contributed by atoms with Gasteiger partial charge in [0.05, 0.1) is 18.8 Å². The molecule has 1 fully saturated rings. The first-order valence-electron chi connectivity index (χ1n) is 8.87. The predicted octanol–water partition coefficient (Wildman–Crippen LogP) is 2.38. The Balaban J connectivity index is 1.58. The summed E-state index contributed by atoms with van der Waals surface area (Å²) in [5.41, 5.74) is 2.85. The number of nitrogens with zero attached hydrogens (tertiary/aromatic N) is 1. The number of urea groups is 1. The molecule has 0 radical (unpaired) electrons. The van der Waals surface area contributed by atoms with Gasteiger partial charge < -0.3 is 19.7 Å². The van der Waals surface area contributed by atoms with Gasteiger partial charge in [-0.15, -0.1) is 0 Å². The topological polar surface area (TPSA) is 50.8 Å². The van der Waals surface area contributed by atoms with Gasteiger partial charge >= 0.3 is 6.03 Å². The fourth-order valence-electron chi connectivity index (χ4n) is 3.89. The van der Waals surface area contributed by atoms with Gasteiger partial charge in [0.2, 0.25) is 0 Å². The van der Waals surface area contributed by atoms with Crippen molar-refractivity contribution >= 4 is 6.03 Å². The van der Waals surface area contributed by atoms with Gasteiger partial charge in [0.25, 0.3) is 0 Å². The van der Waals surface area contributed by atoms with E-state index in [0.717, 1.165) is 32.1 Å². The van der Waals surface area contributed by atoms with Crippen LogP contribution in [0.2, 0.25) is 0 Å². The highest BCUT2D eigenvalue weighted by Gasteiger charge is 2.36. The molecule has 2 amide bonds. The van der Waals surface area contributed by atoms with Crippen LogP contribution in [0.3, 0.4) is 0 Å². The van der Waals surface area contributed by atoms with Gasteiger partial charge in [-0.2, -0.15) is 0 Å². The number of carbonyl (C=O) groups excluding carboxylic acids is 1. The second kappa shape index (κ2) is 7.99. The summed E-state index contributed by atoms with van der Waals surface area (Å²) < 4.78 is 10.7. The van der Waals surface area contributed by atoms with E-state index >= 15 is 0 Å². The maximum atomic E-state index is 12.7. The predicted molar refractivity (Wildman–Crippen MR) is 93.2 cm³/mol. The van der Waals surface area contributed by atoms with Gasteiger partial charge in [-0.3, -0.25) is 0 Å². The Bertz CT molecular complexity index is 536.